The first-order valence-electron chi connectivity index (χ1n) is 14.9. The lowest BCUT2D eigenvalue weighted by Gasteiger charge is -2.44. The molecule has 7 nitrogen and oxygen atoms in total. The normalized spacial score (nSPS) is 27.5. The molecular formula is C36H26I2N2O5. The molecule has 4 aliphatic rings. The van der Waals surface area contributed by atoms with Crippen LogP contribution in [0.5, 0.6) is 5.75 Å². The third-order valence-electron chi connectivity index (χ3n) is 10.1. The second kappa shape index (κ2) is 10.8. The highest BCUT2D eigenvalue weighted by atomic mass is 127. The monoisotopic (exact) mass is 820 g/mol. The summed E-state index contributed by atoms with van der Waals surface area (Å²) in [6, 6.07) is 25.9. The maximum atomic E-state index is 14.3. The summed E-state index contributed by atoms with van der Waals surface area (Å²) in [5.41, 5.74) is 2.47. The molecule has 4 aromatic carbocycles. The maximum Gasteiger partial charge on any atom is 0.238 e. The van der Waals surface area contributed by atoms with Gasteiger partial charge in [0.1, 0.15) is 5.75 Å². The molecule has 45 heavy (non-hydrogen) atoms. The van der Waals surface area contributed by atoms with E-state index < -0.39 is 35.5 Å². The topological polar surface area (TPSA) is 95.0 Å². The van der Waals surface area contributed by atoms with Crippen LogP contribution in [-0.2, 0) is 19.2 Å². The summed E-state index contributed by atoms with van der Waals surface area (Å²) in [5.74, 6) is -4.75. The molecule has 0 spiro atoms. The summed E-state index contributed by atoms with van der Waals surface area (Å²) >= 11 is 4.37. The largest absolute Gasteiger partial charge is 0.507 e. The van der Waals surface area contributed by atoms with E-state index in [9.17, 15) is 24.3 Å². The Hall–Kier alpha value is -3.58. The van der Waals surface area contributed by atoms with Gasteiger partial charge in [-0.2, -0.15) is 0 Å². The molecule has 2 heterocycles. The molecular weight excluding hydrogens is 794 g/mol. The minimum absolute atomic E-state index is 0.0721. The SMILES string of the molecule is O=C1C2CC=C3C(CC4C(=O)N(c5ccc(I)cc5)C(=O)C4C3c3ccc4ccccc4c3O)C2C(=O)N1c1ccc(I)cc1. The third kappa shape index (κ3) is 4.33. The zero-order valence-electron chi connectivity index (χ0n) is 23.8. The van der Waals surface area contributed by atoms with Gasteiger partial charge < -0.3 is 5.11 Å². The number of nitrogens with zero attached hydrogens (tertiary/aromatic N) is 2. The number of anilines is 2. The van der Waals surface area contributed by atoms with E-state index in [2.05, 4.69) is 45.2 Å². The van der Waals surface area contributed by atoms with Crippen LogP contribution in [0.3, 0.4) is 0 Å². The van der Waals surface area contributed by atoms with Crippen molar-refractivity contribution in [2.75, 3.05) is 9.80 Å². The van der Waals surface area contributed by atoms with Crippen LogP contribution < -0.4 is 9.80 Å². The van der Waals surface area contributed by atoms with Crippen molar-refractivity contribution in [1.82, 2.24) is 0 Å². The Bertz CT molecular complexity index is 1970. The van der Waals surface area contributed by atoms with Gasteiger partial charge in [-0.3, -0.25) is 29.0 Å². The van der Waals surface area contributed by atoms with Crippen LogP contribution in [-0.4, -0.2) is 28.7 Å². The Labute approximate surface area is 286 Å². The Morgan fingerprint density at radius 3 is 1.84 bits per heavy atom. The first-order valence-corrected chi connectivity index (χ1v) is 17.1. The van der Waals surface area contributed by atoms with E-state index in [1.807, 2.05) is 66.7 Å². The Morgan fingerprint density at radius 2 is 1.20 bits per heavy atom. The van der Waals surface area contributed by atoms with Crippen molar-refractivity contribution in [3.8, 4) is 5.75 Å². The van der Waals surface area contributed by atoms with E-state index in [1.165, 1.54) is 9.80 Å². The lowest BCUT2D eigenvalue weighted by Crippen LogP contribution is -2.43. The van der Waals surface area contributed by atoms with Crippen molar-refractivity contribution < 1.29 is 24.3 Å². The van der Waals surface area contributed by atoms with Crippen molar-refractivity contribution in [1.29, 1.82) is 0 Å². The van der Waals surface area contributed by atoms with Crippen LogP contribution in [0.2, 0.25) is 0 Å². The molecule has 0 radical (unpaired) electrons. The zero-order chi connectivity index (χ0) is 31.1. The fraction of sp³-hybridized carbons (Fsp3) is 0.222. The molecule has 3 fully saturated rings. The van der Waals surface area contributed by atoms with E-state index in [0.29, 0.717) is 28.7 Å². The van der Waals surface area contributed by atoms with Gasteiger partial charge in [0.2, 0.25) is 23.6 Å². The van der Waals surface area contributed by atoms with Gasteiger partial charge in [0, 0.05) is 24.0 Å². The van der Waals surface area contributed by atoms with Crippen molar-refractivity contribution >= 4 is 91.0 Å². The van der Waals surface area contributed by atoms with Crippen LogP contribution in [0.25, 0.3) is 10.8 Å². The summed E-state index contributed by atoms with van der Waals surface area (Å²) in [7, 11) is 0. The lowest BCUT2D eigenvalue weighted by molar-refractivity contribution is -0.126. The number of imide groups is 2. The molecule has 0 aromatic heterocycles. The van der Waals surface area contributed by atoms with Crippen LogP contribution in [0.1, 0.15) is 24.3 Å². The number of fused-ring (bicyclic) bond motifs is 5. The number of allylic oxidation sites excluding steroid dienone is 2. The van der Waals surface area contributed by atoms with E-state index in [-0.39, 0.29) is 35.8 Å². The number of rotatable bonds is 3. The number of halogens is 2. The molecule has 224 valence electrons. The highest BCUT2D eigenvalue weighted by molar-refractivity contribution is 14.1. The van der Waals surface area contributed by atoms with Crippen molar-refractivity contribution in [3.63, 3.8) is 0 Å². The molecule has 6 atom stereocenters. The number of benzene rings is 4. The molecule has 9 heteroatoms. The molecule has 2 saturated heterocycles. The summed E-state index contributed by atoms with van der Waals surface area (Å²) in [4.78, 5) is 59.1. The zero-order valence-corrected chi connectivity index (χ0v) is 28.1. The van der Waals surface area contributed by atoms with E-state index in [0.717, 1.165) is 18.1 Å². The van der Waals surface area contributed by atoms with Gasteiger partial charge >= 0.3 is 0 Å². The number of aromatic hydroxyl groups is 1. The lowest BCUT2D eigenvalue weighted by atomic mass is 9.57. The predicted octanol–water partition coefficient (Wildman–Crippen LogP) is 6.80. The third-order valence-corrected chi connectivity index (χ3v) is 11.5. The minimum atomic E-state index is -0.748. The van der Waals surface area contributed by atoms with Gasteiger partial charge in [0.25, 0.3) is 0 Å². The summed E-state index contributed by atoms with van der Waals surface area (Å²) < 4.78 is 1.98. The van der Waals surface area contributed by atoms with Crippen LogP contribution in [0.15, 0.2) is 96.6 Å². The van der Waals surface area contributed by atoms with Gasteiger partial charge in [0.05, 0.1) is 35.0 Å². The van der Waals surface area contributed by atoms with Crippen molar-refractivity contribution in [3.05, 3.63) is 109 Å². The van der Waals surface area contributed by atoms with Crippen molar-refractivity contribution in [2.24, 2.45) is 29.6 Å². The number of hydrogen-bond acceptors (Lipinski definition) is 5. The molecule has 0 bridgehead atoms. The first kappa shape index (κ1) is 28.9. The number of phenolic OH excluding ortho intramolecular Hbond substituents is 1. The number of amides is 4. The van der Waals surface area contributed by atoms with E-state index in [4.69, 9.17) is 0 Å². The van der Waals surface area contributed by atoms with Crippen LogP contribution in [0.4, 0.5) is 11.4 Å². The quantitative estimate of drug-likeness (QED) is 0.140. The van der Waals surface area contributed by atoms with E-state index in [1.54, 1.807) is 24.3 Å². The molecule has 2 aliphatic carbocycles. The molecule has 8 rings (SSSR count). The molecule has 1 N–H and O–H groups in total. The van der Waals surface area contributed by atoms with Crippen molar-refractivity contribution in [2.45, 2.75) is 18.8 Å². The van der Waals surface area contributed by atoms with Gasteiger partial charge in [0.15, 0.2) is 0 Å². The Balaban J connectivity index is 1.27. The molecule has 6 unspecified atom stereocenters. The van der Waals surface area contributed by atoms with Gasteiger partial charge in [-0.1, -0.05) is 48.0 Å². The van der Waals surface area contributed by atoms with E-state index >= 15 is 0 Å². The van der Waals surface area contributed by atoms with Crippen LogP contribution in [0, 0.1) is 36.7 Å². The average molecular weight is 820 g/mol. The summed E-state index contributed by atoms with van der Waals surface area (Å²) in [6.07, 6.45) is 2.65. The fourth-order valence-electron chi connectivity index (χ4n) is 8.15. The fourth-order valence-corrected chi connectivity index (χ4v) is 8.87. The average Bonchev–Trinajstić information content (AvgIpc) is 3.45. The second-order valence-corrected chi connectivity index (χ2v) is 14.7. The standard InChI is InChI=1S/C36H26I2N2O5/c37-19-6-10-21(11-7-19)39-33(42)26-16-15-24-27(30(26)35(39)44)17-28-31(36(45)40(34(28)43)22-12-8-20(38)9-13-22)29(24)25-14-5-18-3-1-2-4-23(18)32(25)41/h1-15,26-31,41H,16-17H2. The number of carbonyl (C=O) groups is 4. The smallest absolute Gasteiger partial charge is 0.238 e. The maximum absolute atomic E-state index is 14.3. The Morgan fingerprint density at radius 1 is 0.622 bits per heavy atom. The van der Waals surface area contributed by atoms with Gasteiger partial charge in [-0.05, 0) is 118 Å². The second-order valence-electron chi connectivity index (χ2n) is 12.2. The van der Waals surface area contributed by atoms with Crippen LogP contribution >= 0.6 is 45.2 Å². The minimum Gasteiger partial charge on any atom is -0.507 e. The van der Waals surface area contributed by atoms with Gasteiger partial charge in [-0.25, -0.2) is 0 Å². The molecule has 4 amide bonds. The highest BCUT2D eigenvalue weighted by Gasteiger charge is 2.62. The summed E-state index contributed by atoms with van der Waals surface area (Å²) in [5, 5.41) is 13.2. The first-order chi connectivity index (χ1) is 21.7. The number of phenols is 1. The molecule has 1 saturated carbocycles. The summed E-state index contributed by atoms with van der Waals surface area (Å²) in [6.45, 7) is 0. The highest BCUT2D eigenvalue weighted by Crippen LogP contribution is 2.59. The molecule has 2 aliphatic heterocycles. The molecule has 4 aromatic rings. The predicted molar refractivity (Wildman–Crippen MR) is 186 cm³/mol. The Kier molecular flexibility index (Phi) is 6.90. The van der Waals surface area contributed by atoms with Gasteiger partial charge in [-0.15, -0.1) is 0 Å². The number of carbonyl (C=O) groups excluding carboxylic acids is 4. The number of hydrogen-bond donors (Lipinski definition) is 1.